The number of nitrogen functional groups attached to an aromatic ring is 1. The van der Waals surface area contributed by atoms with Crippen LogP contribution in [0.15, 0.2) is 18.2 Å². The molecule has 9 heteroatoms. The van der Waals surface area contributed by atoms with Crippen LogP contribution in [0.4, 0.5) is 31.8 Å². The molecule has 2 rings (SSSR count). The van der Waals surface area contributed by atoms with Crippen molar-refractivity contribution >= 4 is 29.4 Å². The van der Waals surface area contributed by atoms with E-state index >= 15 is 0 Å². The second-order valence-electron chi connectivity index (χ2n) is 3.39. The third-order valence-electron chi connectivity index (χ3n) is 2.10. The van der Waals surface area contributed by atoms with Crippen LogP contribution in [0, 0.1) is 12.2 Å². The lowest BCUT2D eigenvalue weighted by molar-refractivity contribution is -0.105. The lowest BCUT2D eigenvalue weighted by atomic mass is 10.2. The fourth-order valence-electron chi connectivity index (χ4n) is 1.33. The molecule has 2 aromatic rings. The number of hydrogen-bond donors (Lipinski definition) is 3. The zero-order valence-electron chi connectivity index (χ0n) is 9.39. The van der Waals surface area contributed by atoms with Gasteiger partial charge in [-0.1, -0.05) is 0 Å². The fourth-order valence-corrected chi connectivity index (χ4v) is 1.33. The van der Waals surface area contributed by atoms with E-state index in [1.807, 2.05) is 0 Å². The van der Waals surface area contributed by atoms with E-state index in [9.17, 15) is 13.6 Å². The Balaban J connectivity index is 2.27. The summed E-state index contributed by atoms with van der Waals surface area (Å²) in [5.74, 6) is -0.299. The second-order valence-corrected chi connectivity index (χ2v) is 3.39. The van der Waals surface area contributed by atoms with Crippen molar-refractivity contribution in [3.05, 3.63) is 30.4 Å². The van der Waals surface area contributed by atoms with Gasteiger partial charge in [0.25, 0.3) is 0 Å². The van der Waals surface area contributed by atoms with E-state index < -0.39 is 12.2 Å². The first kappa shape index (κ1) is 12.6. The molecular formula is C10H8F2N6O. The molecule has 0 atom stereocenters. The second kappa shape index (κ2) is 5.21. The summed E-state index contributed by atoms with van der Waals surface area (Å²) >= 11 is 0. The molecule has 0 spiro atoms. The number of anilines is 4. The molecule has 1 heterocycles. The zero-order chi connectivity index (χ0) is 13.8. The molecule has 0 aliphatic carbocycles. The highest BCUT2D eigenvalue weighted by Crippen LogP contribution is 2.23. The number of rotatable bonds is 4. The van der Waals surface area contributed by atoms with Crippen LogP contribution in [-0.2, 0) is 4.79 Å². The standard InChI is InChI=1S/C10H8F2N6O/c11-8-16-9(12)18-10(17-8)15-5-1-2-6(13)7(3-5)14-4-19/h1-4H,13H2,(H,14,19)(H,15,16,17,18). The minimum absolute atomic E-state index is 0.299. The number of aromatic nitrogens is 3. The number of benzene rings is 1. The van der Waals surface area contributed by atoms with Crippen molar-refractivity contribution in [2.75, 3.05) is 16.4 Å². The number of amides is 1. The van der Waals surface area contributed by atoms with Crippen molar-refractivity contribution in [3.8, 4) is 0 Å². The minimum Gasteiger partial charge on any atom is -0.397 e. The SMILES string of the molecule is Nc1ccc(Nc2nc(F)nc(F)n2)cc1NC=O. The van der Waals surface area contributed by atoms with Gasteiger partial charge < -0.3 is 16.4 Å². The van der Waals surface area contributed by atoms with E-state index in [-0.39, 0.29) is 5.95 Å². The number of nitrogens with zero attached hydrogens (tertiary/aromatic N) is 3. The van der Waals surface area contributed by atoms with Gasteiger partial charge in [-0.2, -0.15) is 23.7 Å². The Labute approximate surface area is 105 Å². The summed E-state index contributed by atoms with van der Waals surface area (Å²) < 4.78 is 25.5. The third kappa shape index (κ3) is 3.09. The first-order valence-electron chi connectivity index (χ1n) is 5.02. The minimum atomic E-state index is -1.24. The number of hydrogen-bond acceptors (Lipinski definition) is 6. The molecule has 0 fully saturated rings. The van der Waals surface area contributed by atoms with E-state index in [0.29, 0.717) is 23.5 Å². The van der Waals surface area contributed by atoms with Gasteiger partial charge in [0.05, 0.1) is 11.4 Å². The molecule has 0 saturated heterocycles. The average molecular weight is 266 g/mol. The molecule has 0 unspecified atom stereocenters. The average Bonchev–Trinajstić information content (AvgIpc) is 2.32. The van der Waals surface area contributed by atoms with E-state index in [2.05, 4.69) is 25.6 Å². The van der Waals surface area contributed by atoms with Crippen LogP contribution in [0.25, 0.3) is 0 Å². The van der Waals surface area contributed by atoms with Crippen molar-refractivity contribution in [1.82, 2.24) is 15.0 Å². The highest BCUT2D eigenvalue weighted by molar-refractivity contribution is 5.82. The quantitative estimate of drug-likeness (QED) is 0.564. The van der Waals surface area contributed by atoms with Gasteiger partial charge in [0, 0.05) is 5.69 Å². The Kier molecular flexibility index (Phi) is 3.46. The summed E-state index contributed by atoms with van der Waals surface area (Å²) in [5, 5.41) is 4.94. The Morgan fingerprint density at radius 2 is 1.84 bits per heavy atom. The van der Waals surface area contributed by atoms with Crippen molar-refractivity contribution in [2.45, 2.75) is 0 Å². The van der Waals surface area contributed by atoms with Gasteiger partial charge in [0.15, 0.2) is 0 Å². The van der Waals surface area contributed by atoms with E-state index in [1.165, 1.54) is 18.2 Å². The molecule has 1 amide bonds. The first-order chi connectivity index (χ1) is 9.08. The van der Waals surface area contributed by atoms with E-state index in [4.69, 9.17) is 5.73 Å². The fraction of sp³-hybridized carbons (Fsp3) is 0. The molecule has 98 valence electrons. The highest BCUT2D eigenvalue weighted by Gasteiger charge is 2.07. The molecule has 19 heavy (non-hydrogen) atoms. The normalized spacial score (nSPS) is 10.0. The van der Waals surface area contributed by atoms with Gasteiger partial charge >= 0.3 is 12.2 Å². The Morgan fingerprint density at radius 3 is 2.47 bits per heavy atom. The lowest BCUT2D eigenvalue weighted by Gasteiger charge is -2.08. The summed E-state index contributed by atoms with van der Waals surface area (Å²) in [6, 6.07) is 4.50. The number of nitrogens with one attached hydrogen (secondary N) is 2. The Bertz CT molecular complexity index is 601. The summed E-state index contributed by atoms with van der Waals surface area (Å²) in [6.07, 6.45) is -2.02. The van der Waals surface area contributed by atoms with Gasteiger partial charge in [0.1, 0.15) is 0 Å². The van der Waals surface area contributed by atoms with Gasteiger partial charge in [0.2, 0.25) is 12.4 Å². The summed E-state index contributed by atoms with van der Waals surface area (Å²) in [7, 11) is 0. The summed E-state index contributed by atoms with van der Waals surface area (Å²) in [5.41, 5.74) is 6.68. The van der Waals surface area contributed by atoms with Crippen molar-refractivity contribution < 1.29 is 13.6 Å². The Hall–Kier alpha value is -2.84. The molecule has 1 aromatic carbocycles. The van der Waals surface area contributed by atoms with Gasteiger partial charge in [-0.25, -0.2) is 0 Å². The van der Waals surface area contributed by atoms with E-state index in [1.54, 1.807) is 0 Å². The maximum atomic E-state index is 12.8. The van der Waals surface area contributed by atoms with Crippen LogP contribution in [0.1, 0.15) is 0 Å². The molecule has 0 radical (unpaired) electrons. The van der Waals surface area contributed by atoms with E-state index in [0.717, 1.165) is 0 Å². The van der Waals surface area contributed by atoms with Gasteiger partial charge in [-0.3, -0.25) is 4.79 Å². The molecule has 0 saturated carbocycles. The molecule has 0 aliphatic rings. The summed E-state index contributed by atoms with van der Waals surface area (Å²) in [4.78, 5) is 19.7. The van der Waals surface area contributed by atoms with Crippen LogP contribution in [0.3, 0.4) is 0 Å². The van der Waals surface area contributed by atoms with Crippen molar-refractivity contribution in [3.63, 3.8) is 0 Å². The largest absolute Gasteiger partial charge is 0.397 e. The molecular weight excluding hydrogens is 258 g/mol. The molecule has 0 bridgehead atoms. The number of carbonyl (C=O) groups excluding carboxylic acids is 1. The zero-order valence-corrected chi connectivity index (χ0v) is 9.39. The van der Waals surface area contributed by atoms with Crippen molar-refractivity contribution in [1.29, 1.82) is 0 Å². The maximum absolute atomic E-state index is 12.8. The molecule has 4 N–H and O–H groups in total. The number of carbonyl (C=O) groups is 1. The van der Waals surface area contributed by atoms with Crippen LogP contribution < -0.4 is 16.4 Å². The van der Waals surface area contributed by atoms with Gasteiger partial charge in [-0.05, 0) is 18.2 Å². The predicted octanol–water partition coefficient (Wildman–Crippen LogP) is 1.04. The first-order valence-corrected chi connectivity index (χ1v) is 5.02. The third-order valence-corrected chi connectivity index (χ3v) is 2.10. The summed E-state index contributed by atoms with van der Waals surface area (Å²) in [6.45, 7) is 0. The van der Waals surface area contributed by atoms with Crippen LogP contribution >= 0.6 is 0 Å². The van der Waals surface area contributed by atoms with Crippen LogP contribution in [0.2, 0.25) is 0 Å². The topological polar surface area (TPSA) is 106 Å². The lowest BCUT2D eigenvalue weighted by Crippen LogP contribution is -2.05. The van der Waals surface area contributed by atoms with Gasteiger partial charge in [-0.15, -0.1) is 0 Å². The predicted molar refractivity (Wildman–Crippen MR) is 63.6 cm³/mol. The maximum Gasteiger partial charge on any atom is 0.315 e. The van der Waals surface area contributed by atoms with Crippen LogP contribution in [0.5, 0.6) is 0 Å². The van der Waals surface area contributed by atoms with Crippen LogP contribution in [-0.4, -0.2) is 21.4 Å². The monoisotopic (exact) mass is 266 g/mol. The molecule has 1 aromatic heterocycles. The number of halogens is 2. The van der Waals surface area contributed by atoms with Crippen molar-refractivity contribution in [2.24, 2.45) is 0 Å². The molecule has 0 aliphatic heterocycles. The molecule has 7 nitrogen and oxygen atoms in total. The highest BCUT2D eigenvalue weighted by atomic mass is 19.1. The Morgan fingerprint density at radius 1 is 1.16 bits per heavy atom. The smallest absolute Gasteiger partial charge is 0.315 e. The number of nitrogens with two attached hydrogens (primary N) is 1.